The number of hydrogen-bond acceptors (Lipinski definition) is 14. The van der Waals surface area contributed by atoms with E-state index in [1.54, 1.807) is 30.3 Å². The predicted molar refractivity (Wildman–Crippen MR) is 285 cm³/mol. The maximum Gasteiger partial charge on any atom is 0.243 e. The van der Waals surface area contributed by atoms with E-state index in [0.717, 1.165) is 19.3 Å². The van der Waals surface area contributed by atoms with Crippen LogP contribution >= 0.6 is 0 Å². The molecule has 1 aliphatic rings. The van der Waals surface area contributed by atoms with Crippen LogP contribution in [-0.4, -0.2) is 145 Å². The van der Waals surface area contributed by atoms with Crippen molar-refractivity contribution in [3.8, 4) is 0 Å². The smallest absolute Gasteiger partial charge is 0.243 e. The second kappa shape index (κ2) is 35.5. The number of carbonyl (C=O) groups excluding carboxylic acids is 9. The van der Waals surface area contributed by atoms with Gasteiger partial charge < -0.3 is 75.9 Å². The second-order valence-corrected chi connectivity index (χ2v) is 20.5. The van der Waals surface area contributed by atoms with E-state index in [9.17, 15) is 48.3 Å². The first kappa shape index (κ1) is 65.4. The first-order valence-electron chi connectivity index (χ1n) is 26.9. The summed E-state index contributed by atoms with van der Waals surface area (Å²) in [5.74, 6) is -6.53. The molecule has 23 heteroatoms. The van der Waals surface area contributed by atoms with Gasteiger partial charge in [0.25, 0.3) is 0 Å². The topological polar surface area (TPSA) is 386 Å². The molecule has 1 heterocycles. The molecule has 75 heavy (non-hydrogen) atoms. The summed E-state index contributed by atoms with van der Waals surface area (Å²) in [6.07, 6.45) is 2.44. The van der Waals surface area contributed by atoms with E-state index in [4.69, 9.17) is 22.9 Å². The molecule has 1 aromatic carbocycles. The summed E-state index contributed by atoms with van der Waals surface area (Å²) in [6.45, 7) is 11.1. The van der Waals surface area contributed by atoms with Gasteiger partial charge in [-0.25, -0.2) is 0 Å². The van der Waals surface area contributed by atoms with Gasteiger partial charge in [-0.2, -0.15) is 0 Å². The summed E-state index contributed by atoms with van der Waals surface area (Å²) in [4.78, 5) is 126. The molecule has 0 radical (unpaired) electrons. The van der Waals surface area contributed by atoms with Gasteiger partial charge in [-0.3, -0.25) is 43.2 Å². The van der Waals surface area contributed by atoms with Crippen LogP contribution in [0.5, 0.6) is 0 Å². The molecule has 1 saturated heterocycles. The molecule has 0 saturated carbocycles. The van der Waals surface area contributed by atoms with Crippen molar-refractivity contribution in [2.75, 3.05) is 32.7 Å². The molecular formula is C52H91N13O10. The maximum absolute atomic E-state index is 14.4. The fourth-order valence-corrected chi connectivity index (χ4v) is 8.49. The Hall–Kier alpha value is -5.75. The zero-order valence-electron chi connectivity index (χ0n) is 45.2. The summed E-state index contributed by atoms with van der Waals surface area (Å²) in [5, 5.41) is 34.8. The van der Waals surface area contributed by atoms with E-state index in [1.165, 1.54) is 0 Å². The molecule has 0 aliphatic carbocycles. The highest BCUT2D eigenvalue weighted by Gasteiger charge is 2.35. The van der Waals surface area contributed by atoms with Gasteiger partial charge in [0.05, 0.1) is 12.5 Å². The van der Waals surface area contributed by atoms with Crippen LogP contribution in [-0.2, 0) is 49.6 Å². The number of nitrogens with one attached hydrogen (secondary N) is 9. The third-order valence-corrected chi connectivity index (χ3v) is 12.9. The van der Waals surface area contributed by atoms with E-state index >= 15 is 0 Å². The van der Waals surface area contributed by atoms with Crippen LogP contribution in [0, 0.1) is 17.8 Å². The largest absolute Gasteiger partial charge is 0.393 e. The average molecular weight is 1060 g/mol. The van der Waals surface area contributed by atoms with Gasteiger partial charge in [-0.15, -0.1) is 0 Å². The van der Waals surface area contributed by atoms with Crippen molar-refractivity contribution in [2.24, 2.45) is 40.7 Å². The SMILES string of the molecule is CC[C@H](C)CCCC[C@@H](O)CC(=O)N[C@H](CCN)C(=O)N[C@H]1CCNC(=O)[C@H](CC(C)C)NC(=O)[C@H](CCN)NC(=O)[C@H](CCN)NC(=O)[C@H](CC(C)C)NC(=O)[C@@H](Cc2ccccc2)NC(=O)[C@H](CCN)NC1=O. The highest BCUT2D eigenvalue weighted by atomic mass is 16.3. The highest BCUT2D eigenvalue weighted by molar-refractivity contribution is 5.98. The van der Waals surface area contributed by atoms with Crippen LogP contribution in [0.15, 0.2) is 30.3 Å². The summed E-state index contributed by atoms with van der Waals surface area (Å²) < 4.78 is 0. The lowest BCUT2D eigenvalue weighted by molar-refractivity contribution is -0.136. The zero-order valence-corrected chi connectivity index (χ0v) is 45.2. The van der Waals surface area contributed by atoms with Gasteiger partial charge in [0.1, 0.15) is 48.3 Å². The van der Waals surface area contributed by atoms with Crippen LogP contribution in [0.25, 0.3) is 0 Å². The molecule has 18 N–H and O–H groups in total. The third-order valence-electron chi connectivity index (χ3n) is 12.9. The van der Waals surface area contributed by atoms with Gasteiger partial charge in [0.2, 0.25) is 53.2 Å². The molecule has 0 spiro atoms. The molecule has 0 aromatic heterocycles. The number of unbranched alkanes of at least 4 members (excludes halogenated alkanes) is 1. The van der Waals surface area contributed by atoms with E-state index in [-0.39, 0.29) is 102 Å². The van der Waals surface area contributed by atoms with Gasteiger partial charge in [-0.05, 0) is 101 Å². The van der Waals surface area contributed by atoms with E-state index in [1.807, 2.05) is 27.7 Å². The lowest BCUT2D eigenvalue weighted by atomic mass is 9.99. The molecule has 1 fully saturated rings. The summed E-state index contributed by atoms with van der Waals surface area (Å²) in [6, 6.07) is -1.59. The van der Waals surface area contributed by atoms with Crippen molar-refractivity contribution in [2.45, 2.75) is 186 Å². The van der Waals surface area contributed by atoms with Gasteiger partial charge in [0, 0.05) is 13.0 Å². The molecule has 10 atom stereocenters. The van der Waals surface area contributed by atoms with Crippen molar-refractivity contribution in [3.05, 3.63) is 35.9 Å². The Morgan fingerprint density at radius 2 is 1.05 bits per heavy atom. The molecule has 23 nitrogen and oxygen atoms in total. The Balaban J connectivity index is 2.67. The quantitative estimate of drug-likeness (QED) is 0.0495. The Labute approximate surface area is 443 Å². The fourth-order valence-electron chi connectivity index (χ4n) is 8.49. The van der Waals surface area contributed by atoms with E-state index in [0.29, 0.717) is 24.3 Å². The Morgan fingerprint density at radius 1 is 0.600 bits per heavy atom. The van der Waals surface area contributed by atoms with Crippen molar-refractivity contribution >= 4 is 53.2 Å². The predicted octanol–water partition coefficient (Wildman–Crippen LogP) is -1.53. The number of hydrogen-bond donors (Lipinski definition) is 14. The number of aliphatic hydroxyl groups excluding tert-OH is 1. The summed E-state index contributed by atoms with van der Waals surface area (Å²) >= 11 is 0. The number of amides is 9. The molecule has 424 valence electrons. The standard InChI is InChI=1S/C52H91N13O10/c1-7-33(6)13-11-12-16-35(66)30-44(67)58-36(17-22-53)46(69)62-40-21-26-57-45(68)41(27-31(2)3)63-48(71)38(19-24-55)59-47(70)37(18-23-54)61-51(74)42(28-32(4)5)64-52(75)43(29-34-14-9-8-10-15-34)65-49(72)39(20-25-56)60-50(40)73/h8-10,14-15,31-33,35-43,66H,7,11-13,16-30,53-56H2,1-6H3,(H,57,68)(H,58,67)(H,59,70)(H,60,73)(H,61,74)(H,62,69)(H,63,71)(H,64,75)(H,65,72)/t33-,35+,36+,37-,38-,39-,40-,41-,42-,43+/m0/s1. The molecule has 1 aliphatic heterocycles. The normalized spacial score (nSPS) is 23.3. The minimum atomic E-state index is -1.47. The first-order chi connectivity index (χ1) is 35.7. The number of carbonyl (C=O) groups is 9. The fraction of sp³-hybridized carbons (Fsp3) is 0.712. The number of rotatable bonds is 25. The van der Waals surface area contributed by atoms with Crippen LogP contribution in [0.1, 0.15) is 131 Å². The molecular weight excluding hydrogens is 967 g/mol. The summed E-state index contributed by atoms with van der Waals surface area (Å²) in [5.41, 5.74) is 24.3. The average Bonchev–Trinajstić information content (AvgIpc) is 3.35. The van der Waals surface area contributed by atoms with Crippen molar-refractivity contribution in [1.82, 2.24) is 47.9 Å². The van der Waals surface area contributed by atoms with E-state index < -0.39 is 108 Å². The molecule has 0 bridgehead atoms. The van der Waals surface area contributed by atoms with Gasteiger partial charge >= 0.3 is 0 Å². The Morgan fingerprint density at radius 3 is 1.55 bits per heavy atom. The van der Waals surface area contributed by atoms with Crippen LogP contribution in [0.2, 0.25) is 0 Å². The molecule has 2 rings (SSSR count). The van der Waals surface area contributed by atoms with Gasteiger partial charge in [0.15, 0.2) is 0 Å². The first-order valence-corrected chi connectivity index (χ1v) is 26.9. The molecule has 9 amide bonds. The van der Waals surface area contributed by atoms with Gasteiger partial charge in [-0.1, -0.05) is 97.6 Å². The van der Waals surface area contributed by atoms with Crippen molar-refractivity contribution in [1.29, 1.82) is 0 Å². The Kier molecular flexibility index (Phi) is 30.9. The van der Waals surface area contributed by atoms with Crippen LogP contribution in [0.3, 0.4) is 0 Å². The second-order valence-electron chi connectivity index (χ2n) is 20.5. The maximum atomic E-state index is 14.4. The molecule has 0 unspecified atom stereocenters. The van der Waals surface area contributed by atoms with Crippen molar-refractivity contribution in [3.63, 3.8) is 0 Å². The van der Waals surface area contributed by atoms with Crippen LogP contribution in [0.4, 0.5) is 0 Å². The minimum absolute atomic E-state index is 0.0458. The van der Waals surface area contributed by atoms with Crippen LogP contribution < -0.4 is 70.8 Å². The lowest BCUT2D eigenvalue weighted by Gasteiger charge is -2.28. The lowest BCUT2D eigenvalue weighted by Crippen LogP contribution is -2.61. The highest BCUT2D eigenvalue weighted by Crippen LogP contribution is 2.15. The minimum Gasteiger partial charge on any atom is -0.393 e. The monoisotopic (exact) mass is 1060 g/mol. The third kappa shape index (κ3) is 25.1. The Bertz CT molecular complexity index is 1960. The summed E-state index contributed by atoms with van der Waals surface area (Å²) in [7, 11) is 0. The zero-order chi connectivity index (χ0) is 56.0. The number of nitrogens with two attached hydrogens (primary N) is 4. The number of benzene rings is 1. The van der Waals surface area contributed by atoms with Crippen molar-refractivity contribution < 1.29 is 48.3 Å². The van der Waals surface area contributed by atoms with E-state index in [2.05, 4.69) is 61.7 Å². The molecule has 1 aromatic rings. The number of aliphatic hydroxyl groups is 1.